The Bertz CT molecular complexity index is 895. The lowest BCUT2D eigenvalue weighted by Crippen LogP contribution is -2.53. The number of amides is 2. The molecule has 3 aliphatic heterocycles. The van der Waals surface area contributed by atoms with Crippen LogP contribution in [0.5, 0.6) is 0 Å². The number of carbonyl (C=O) groups excluding carboxylic acids is 2. The smallest absolute Gasteiger partial charge is 0.270 e. The van der Waals surface area contributed by atoms with Crippen LogP contribution < -0.4 is 21.9 Å². The maximum atomic E-state index is 11.9. The second-order valence-corrected chi connectivity index (χ2v) is 8.58. The zero-order valence-electron chi connectivity index (χ0n) is 18.7. The molecule has 3 heterocycles. The van der Waals surface area contributed by atoms with Gasteiger partial charge in [0.15, 0.2) is 11.5 Å². The molecule has 9 nitrogen and oxygen atoms in total. The molecule has 0 bridgehead atoms. The monoisotopic (exact) mass is 439 g/mol. The predicted molar refractivity (Wildman–Crippen MR) is 124 cm³/mol. The molecule has 5 N–H and O–H groups in total. The van der Waals surface area contributed by atoms with Gasteiger partial charge in [-0.15, -0.1) is 0 Å². The summed E-state index contributed by atoms with van der Waals surface area (Å²) in [6.07, 6.45) is 6.01. The number of nitrogens with two attached hydrogens (primary N) is 1. The van der Waals surface area contributed by atoms with Gasteiger partial charge in [0.2, 0.25) is 11.9 Å². The fourth-order valence-electron chi connectivity index (χ4n) is 4.55. The highest BCUT2D eigenvalue weighted by Crippen LogP contribution is 2.29. The van der Waals surface area contributed by atoms with Gasteiger partial charge in [0.05, 0.1) is 0 Å². The van der Waals surface area contributed by atoms with Gasteiger partial charge >= 0.3 is 0 Å². The van der Waals surface area contributed by atoms with Crippen LogP contribution in [0.1, 0.15) is 56.9 Å². The number of piperidine rings is 2. The van der Waals surface area contributed by atoms with Crippen molar-refractivity contribution in [2.75, 3.05) is 31.5 Å². The standard InChI is InChI=1S/C23H33N7O2/c1-2-19(31)29-14-10-17(11-15-29)16-6-8-18(9-7-16)25-22-20(21(24)32)27-28-23(26-22)30-12-4-3-5-13-30/h6-9,17,25,27H,2-5,10-15H2,1H3,(H2,24,32)(H,26,28). The molecule has 4 rings (SSSR count). The van der Waals surface area contributed by atoms with Crippen molar-refractivity contribution in [1.29, 1.82) is 0 Å². The lowest BCUT2D eigenvalue weighted by molar-refractivity contribution is -0.131. The quantitative estimate of drug-likeness (QED) is 0.556. The summed E-state index contributed by atoms with van der Waals surface area (Å²) in [6.45, 7) is 5.42. The number of anilines is 1. The molecule has 0 aromatic heterocycles. The molecule has 0 aliphatic carbocycles. The molecular weight excluding hydrogens is 406 g/mol. The number of guanidine groups is 1. The molecule has 0 spiro atoms. The van der Waals surface area contributed by atoms with Crippen LogP contribution >= 0.6 is 0 Å². The number of rotatable bonds is 5. The van der Waals surface area contributed by atoms with Crippen LogP contribution in [0.25, 0.3) is 0 Å². The number of nitrogens with one attached hydrogen (secondary N) is 3. The number of carbonyl (C=O) groups is 2. The van der Waals surface area contributed by atoms with Gasteiger partial charge in [-0.3, -0.25) is 20.4 Å². The van der Waals surface area contributed by atoms with E-state index in [0.29, 0.717) is 24.1 Å². The second kappa shape index (κ2) is 9.93. The number of hydrazine groups is 1. The van der Waals surface area contributed by atoms with E-state index in [0.717, 1.165) is 57.5 Å². The fourth-order valence-corrected chi connectivity index (χ4v) is 4.55. The summed E-state index contributed by atoms with van der Waals surface area (Å²) in [5, 5.41) is 3.25. The van der Waals surface area contributed by atoms with Gasteiger partial charge in [0, 0.05) is 38.3 Å². The van der Waals surface area contributed by atoms with E-state index in [9.17, 15) is 9.59 Å². The molecule has 2 amide bonds. The van der Waals surface area contributed by atoms with E-state index < -0.39 is 5.91 Å². The lowest BCUT2D eigenvalue weighted by Gasteiger charge is -2.33. The van der Waals surface area contributed by atoms with Crippen molar-refractivity contribution in [2.45, 2.75) is 51.4 Å². The third kappa shape index (κ3) is 4.98. The molecule has 0 atom stereocenters. The minimum absolute atomic E-state index is 0.211. The van der Waals surface area contributed by atoms with Gasteiger partial charge in [-0.2, -0.15) is 4.99 Å². The molecule has 172 valence electrons. The molecule has 0 unspecified atom stereocenters. The number of nitrogens with zero attached hydrogens (tertiary/aromatic N) is 3. The first-order valence-electron chi connectivity index (χ1n) is 11.6. The average Bonchev–Trinajstić information content (AvgIpc) is 2.84. The predicted octanol–water partition coefficient (Wildman–Crippen LogP) is 1.82. The van der Waals surface area contributed by atoms with E-state index in [1.165, 1.54) is 12.0 Å². The Kier molecular flexibility index (Phi) is 6.82. The van der Waals surface area contributed by atoms with Gasteiger partial charge in [0.1, 0.15) is 0 Å². The van der Waals surface area contributed by atoms with Crippen LogP contribution in [0.3, 0.4) is 0 Å². The van der Waals surface area contributed by atoms with Crippen LogP contribution in [-0.4, -0.2) is 53.8 Å². The zero-order valence-corrected chi connectivity index (χ0v) is 18.7. The number of likely N-dealkylation sites (tertiary alicyclic amines) is 2. The highest BCUT2D eigenvalue weighted by molar-refractivity contribution is 5.95. The Morgan fingerprint density at radius 3 is 2.38 bits per heavy atom. The molecule has 2 saturated heterocycles. The minimum atomic E-state index is -0.577. The highest BCUT2D eigenvalue weighted by Gasteiger charge is 2.24. The van der Waals surface area contributed by atoms with Gasteiger partial charge in [-0.05, 0) is 55.7 Å². The van der Waals surface area contributed by atoms with Crippen molar-refractivity contribution in [1.82, 2.24) is 20.7 Å². The number of hydrogen-bond donors (Lipinski definition) is 4. The molecule has 2 fully saturated rings. The summed E-state index contributed by atoms with van der Waals surface area (Å²) in [5.41, 5.74) is 13.8. The fraction of sp³-hybridized carbons (Fsp3) is 0.522. The molecule has 1 aromatic rings. The van der Waals surface area contributed by atoms with E-state index in [4.69, 9.17) is 5.73 Å². The van der Waals surface area contributed by atoms with Crippen LogP contribution in [0.4, 0.5) is 5.69 Å². The van der Waals surface area contributed by atoms with Gasteiger partial charge in [-0.1, -0.05) is 19.1 Å². The van der Waals surface area contributed by atoms with Crippen LogP contribution in [-0.2, 0) is 9.59 Å². The van der Waals surface area contributed by atoms with Crippen molar-refractivity contribution in [3.63, 3.8) is 0 Å². The Hall–Kier alpha value is -3.23. The summed E-state index contributed by atoms with van der Waals surface area (Å²) in [7, 11) is 0. The van der Waals surface area contributed by atoms with Gasteiger partial charge in [-0.25, -0.2) is 0 Å². The van der Waals surface area contributed by atoms with E-state index in [1.54, 1.807) is 0 Å². The number of hydrogen-bond acceptors (Lipinski definition) is 7. The maximum Gasteiger partial charge on any atom is 0.270 e. The Morgan fingerprint density at radius 2 is 1.75 bits per heavy atom. The van der Waals surface area contributed by atoms with E-state index >= 15 is 0 Å². The van der Waals surface area contributed by atoms with Gasteiger partial charge in [0.25, 0.3) is 5.91 Å². The summed E-state index contributed by atoms with van der Waals surface area (Å²) in [4.78, 5) is 32.6. The molecule has 0 radical (unpaired) electrons. The number of aliphatic imine (C=N–C) groups is 1. The van der Waals surface area contributed by atoms with Crippen LogP contribution in [0.2, 0.25) is 0 Å². The molecule has 9 heteroatoms. The van der Waals surface area contributed by atoms with E-state index in [1.807, 2.05) is 24.0 Å². The molecule has 32 heavy (non-hydrogen) atoms. The maximum absolute atomic E-state index is 11.9. The second-order valence-electron chi connectivity index (χ2n) is 8.58. The van der Waals surface area contributed by atoms with Crippen molar-refractivity contribution in [3.8, 4) is 0 Å². The Labute approximate surface area is 189 Å². The summed E-state index contributed by atoms with van der Waals surface area (Å²) in [5.74, 6) is 1.22. The van der Waals surface area contributed by atoms with Gasteiger partial charge < -0.3 is 20.9 Å². The molecule has 1 aromatic carbocycles. The normalized spacial score (nSPS) is 19.7. The van der Waals surface area contributed by atoms with Crippen molar-refractivity contribution >= 4 is 23.5 Å². The number of benzene rings is 1. The van der Waals surface area contributed by atoms with E-state index in [-0.39, 0.29) is 11.6 Å². The first-order chi connectivity index (χ1) is 15.5. The van der Waals surface area contributed by atoms with Crippen molar-refractivity contribution in [3.05, 3.63) is 41.3 Å². The summed E-state index contributed by atoms with van der Waals surface area (Å²) >= 11 is 0. The van der Waals surface area contributed by atoms with Crippen molar-refractivity contribution in [2.24, 2.45) is 10.7 Å². The molecular formula is C23H33N7O2. The summed E-state index contributed by atoms with van der Waals surface area (Å²) < 4.78 is 0. The minimum Gasteiger partial charge on any atom is -0.364 e. The highest BCUT2D eigenvalue weighted by atomic mass is 16.2. The largest absolute Gasteiger partial charge is 0.364 e. The third-order valence-corrected chi connectivity index (χ3v) is 6.45. The van der Waals surface area contributed by atoms with Crippen molar-refractivity contribution < 1.29 is 9.59 Å². The van der Waals surface area contributed by atoms with Crippen LogP contribution in [0.15, 0.2) is 40.8 Å². The zero-order chi connectivity index (χ0) is 22.5. The Morgan fingerprint density at radius 1 is 1.06 bits per heavy atom. The SMILES string of the molecule is CCC(=O)N1CCC(c2ccc(NC3=C(C(N)=O)NNC(N4CCCCC4)=N3)cc2)CC1. The molecule has 3 aliphatic rings. The first kappa shape index (κ1) is 22.0. The lowest BCUT2D eigenvalue weighted by atomic mass is 9.89. The summed E-state index contributed by atoms with van der Waals surface area (Å²) in [6, 6.07) is 8.22. The van der Waals surface area contributed by atoms with Crippen LogP contribution in [0, 0.1) is 0 Å². The average molecular weight is 440 g/mol. The first-order valence-corrected chi connectivity index (χ1v) is 11.6. The Balaban J connectivity index is 1.44. The third-order valence-electron chi connectivity index (χ3n) is 6.45. The topological polar surface area (TPSA) is 115 Å². The number of primary amides is 1. The molecule has 0 saturated carbocycles. The van der Waals surface area contributed by atoms with E-state index in [2.05, 4.69) is 38.2 Å².